The Morgan fingerprint density at radius 3 is 2.86 bits per heavy atom. The highest BCUT2D eigenvalue weighted by molar-refractivity contribution is 7.12. The number of thiophene rings is 1. The number of nitrogens with zero attached hydrogens (tertiary/aromatic N) is 1. The molecule has 29 heavy (non-hydrogen) atoms. The molecule has 3 rings (SSSR count). The highest BCUT2D eigenvalue weighted by Gasteiger charge is 2.22. The molecule has 1 aliphatic heterocycles. The molecule has 1 fully saturated rings. The lowest BCUT2D eigenvalue weighted by atomic mass is 10.1. The number of anilines is 1. The molecule has 0 spiro atoms. The van der Waals surface area contributed by atoms with Gasteiger partial charge in [-0.25, -0.2) is 0 Å². The summed E-state index contributed by atoms with van der Waals surface area (Å²) in [5, 5.41) is 7.90. The third-order valence-corrected chi connectivity index (χ3v) is 5.76. The van der Waals surface area contributed by atoms with Gasteiger partial charge in [0, 0.05) is 31.7 Å². The zero-order valence-corrected chi connectivity index (χ0v) is 18.2. The van der Waals surface area contributed by atoms with Crippen LogP contribution in [0, 0.1) is 5.92 Å². The number of carbonyl (C=O) groups excluding carboxylic acids is 2. The van der Waals surface area contributed by atoms with Crippen molar-refractivity contribution in [3.8, 4) is 0 Å². The molecule has 1 unspecified atom stereocenters. The zero-order chi connectivity index (χ0) is 20.8. The number of halogens is 1. The Hall–Kier alpha value is -1.93. The second-order valence-corrected chi connectivity index (χ2v) is 8.84. The summed E-state index contributed by atoms with van der Waals surface area (Å²) in [5.74, 6) is 0.124. The van der Waals surface area contributed by atoms with Crippen LogP contribution >= 0.6 is 22.9 Å². The zero-order valence-electron chi connectivity index (χ0n) is 16.6. The monoisotopic (exact) mass is 435 g/mol. The van der Waals surface area contributed by atoms with E-state index in [-0.39, 0.29) is 17.9 Å². The van der Waals surface area contributed by atoms with Crippen LogP contribution in [0.1, 0.15) is 33.9 Å². The van der Waals surface area contributed by atoms with Crippen molar-refractivity contribution in [2.45, 2.75) is 20.0 Å². The van der Waals surface area contributed by atoms with Gasteiger partial charge in [0.2, 0.25) is 0 Å². The van der Waals surface area contributed by atoms with Crippen LogP contribution < -0.4 is 10.6 Å². The molecule has 2 amide bonds. The smallest absolute Gasteiger partial charge is 0.265 e. The number of hydrogen-bond donors (Lipinski definition) is 2. The summed E-state index contributed by atoms with van der Waals surface area (Å²) in [7, 11) is 0. The highest BCUT2D eigenvalue weighted by Crippen LogP contribution is 2.24. The van der Waals surface area contributed by atoms with E-state index in [1.165, 1.54) is 11.3 Å². The van der Waals surface area contributed by atoms with E-state index in [1.54, 1.807) is 30.3 Å². The van der Waals surface area contributed by atoms with Gasteiger partial charge in [0.05, 0.1) is 28.3 Å². The maximum absolute atomic E-state index is 12.6. The van der Waals surface area contributed by atoms with E-state index in [1.807, 2.05) is 5.38 Å². The summed E-state index contributed by atoms with van der Waals surface area (Å²) < 4.78 is 5.78. The van der Waals surface area contributed by atoms with Crippen molar-refractivity contribution in [2.75, 3.05) is 38.1 Å². The van der Waals surface area contributed by atoms with Crippen molar-refractivity contribution in [1.82, 2.24) is 10.2 Å². The summed E-state index contributed by atoms with van der Waals surface area (Å²) in [6.07, 6.45) is -0.0308. The molecule has 1 aromatic heterocycles. The number of nitrogens with one attached hydrogen (secondary N) is 2. The minimum Gasteiger partial charge on any atom is -0.374 e. The number of benzene rings is 1. The first-order valence-corrected chi connectivity index (χ1v) is 10.9. The van der Waals surface area contributed by atoms with Crippen LogP contribution in [-0.4, -0.2) is 55.6 Å². The van der Waals surface area contributed by atoms with Crippen molar-refractivity contribution >= 4 is 40.4 Å². The fourth-order valence-electron chi connectivity index (χ4n) is 3.25. The third kappa shape index (κ3) is 6.27. The van der Waals surface area contributed by atoms with E-state index in [4.69, 9.17) is 16.3 Å². The Morgan fingerprint density at radius 2 is 2.14 bits per heavy atom. The fraction of sp³-hybridized carbons (Fsp3) is 0.429. The Kier molecular flexibility index (Phi) is 7.66. The van der Waals surface area contributed by atoms with Gasteiger partial charge in [-0.1, -0.05) is 31.5 Å². The quantitative estimate of drug-likeness (QED) is 0.695. The van der Waals surface area contributed by atoms with E-state index in [0.717, 1.165) is 19.6 Å². The number of amides is 2. The van der Waals surface area contributed by atoms with Crippen LogP contribution in [0.15, 0.2) is 35.7 Å². The fourth-order valence-corrected chi connectivity index (χ4v) is 4.03. The van der Waals surface area contributed by atoms with Gasteiger partial charge in [0.15, 0.2) is 0 Å². The molecule has 8 heteroatoms. The lowest BCUT2D eigenvalue weighted by Gasteiger charge is -2.33. The number of ether oxygens (including phenoxy) is 1. The predicted octanol–water partition coefficient (Wildman–Crippen LogP) is 3.74. The van der Waals surface area contributed by atoms with Gasteiger partial charge >= 0.3 is 0 Å². The van der Waals surface area contributed by atoms with Gasteiger partial charge in [0.1, 0.15) is 0 Å². The van der Waals surface area contributed by atoms with Crippen molar-refractivity contribution in [2.24, 2.45) is 5.92 Å². The standard InChI is InChI=1S/C21H26ClN3O3S/c1-14(2)12-25-7-8-28-16(13-25)11-23-20(26)15-5-6-17(22)18(10-15)24-21(27)19-4-3-9-29-19/h3-6,9-10,14,16H,7-8,11-13H2,1-2H3,(H,23,26)(H,24,27). The summed E-state index contributed by atoms with van der Waals surface area (Å²) >= 11 is 7.54. The number of morpholine rings is 1. The third-order valence-electron chi connectivity index (χ3n) is 4.56. The van der Waals surface area contributed by atoms with Crippen molar-refractivity contribution < 1.29 is 14.3 Å². The summed E-state index contributed by atoms with van der Waals surface area (Å²) in [4.78, 5) is 27.8. The number of rotatable bonds is 7. The topological polar surface area (TPSA) is 70.7 Å². The van der Waals surface area contributed by atoms with Gasteiger partial charge in [0.25, 0.3) is 11.8 Å². The largest absolute Gasteiger partial charge is 0.374 e. The van der Waals surface area contributed by atoms with Crippen LogP contribution in [0.4, 0.5) is 5.69 Å². The van der Waals surface area contributed by atoms with E-state index in [0.29, 0.717) is 40.2 Å². The summed E-state index contributed by atoms with van der Waals surface area (Å²) in [6.45, 7) is 8.26. The molecule has 0 aliphatic carbocycles. The lowest BCUT2D eigenvalue weighted by molar-refractivity contribution is -0.0295. The van der Waals surface area contributed by atoms with Crippen LogP contribution in [0.3, 0.4) is 0 Å². The van der Waals surface area contributed by atoms with Crippen LogP contribution in [-0.2, 0) is 4.74 Å². The Morgan fingerprint density at radius 1 is 1.31 bits per heavy atom. The molecule has 2 heterocycles. The highest BCUT2D eigenvalue weighted by atomic mass is 35.5. The van der Waals surface area contributed by atoms with Crippen molar-refractivity contribution in [3.63, 3.8) is 0 Å². The van der Waals surface area contributed by atoms with E-state index < -0.39 is 0 Å². The van der Waals surface area contributed by atoms with Gasteiger partial charge in [-0.2, -0.15) is 0 Å². The molecule has 2 N–H and O–H groups in total. The van der Waals surface area contributed by atoms with Crippen LogP contribution in [0.5, 0.6) is 0 Å². The van der Waals surface area contributed by atoms with Crippen molar-refractivity contribution in [1.29, 1.82) is 0 Å². The molecule has 1 atom stereocenters. The minimum atomic E-state index is -0.250. The predicted molar refractivity (Wildman–Crippen MR) is 117 cm³/mol. The molecular formula is C21H26ClN3O3S. The van der Waals surface area contributed by atoms with E-state index in [2.05, 4.69) is 29.4 Å². The molecule has 1 saturated heterocycles. The lowest BCUT2D eigenvalue weighted by Crippen LogP contribution is -2.48. The average molecular weight is 436 g/mol. The SMILES string of the molecule is CC(C)CN1CCOC(CNC(=O)c2ccc(Cl)c(NC(=O)c3cccs3)c2)C1. The maximum atomic E-state index is 12.6. The molecular weight excluding hydrogens is 410 g/mol. The van der Waals surface area contributed by atoms with Gasteiger partial charge in [-0.15, -0.1) is 11.3 Å². The van der Waals surface area contributed by atoms with Crippen LogP contribution in [0.25, 0.3) is 0 Å². The Labute approximate surface area is 180 Å². The summed E-state index contributed by atoms with van der Waals surface area (Å²) in [5.41, 5.74) is 0.848. The molecule has 0 saturated carbocycles. The minimum absolute atomic E-state index is 0.0308. The number of carbonyl (C=O) groups is 2. The molecule has 1 aliphatic rings. The van der Waals surface area contributed by atoms with Gasteiger partial charge < -0.3 is 15.4 Å². The molecule has 2 aromatic rings. The first-order valence-electron chi connectivity index (χ1n) is 9.69. The van der Waals surface area contributed by atoms with Gasteiger partial charge in [-0.05, 0) is 35.6 Å². The summed E-state index contributed by atoms with van der Waals surface area (Å²) in [6, 6.07) is 8.39. The second kappa shape index (κ2) is 10.2. The van der Waals surface area contributed by atoms with Crippen LogP contribution in [0.2, 0.25) is 5.02 Å². The molecule has 0 radical (unpaired) electrons. The number of hydrogen-bond acceptors (Lipinski definition) is 5. The molecule has 1 aromatic carbocycles. The average Bonchev–Trinajstić information content (AvgIpc) is 3.22. The normalized spacial score (nSPS) is 17.3. The van der Waals surface area contributed by atoms with Gasteiger partial charge in [-0.3, -0.25) is 14.5 Å². The first-order chi connectivity index (χ1) is 13.9. The van der Waals surface area contributed by atoms with Crippen molar-refractivity contribution in [3.05, 3.63) is 51.2 Å². The Balaban J connectivity index is 1.57. The van der Waals surface area contributed by atoms with E-state index >= 15 is 0 Å². The first kappa shape index (κ1) is 21.8. The second-order valence-electron chi connectivity index (χ2n) is 7.48. The molecule has 6 nitrogen and oxygen atoms in total. The Bertz CT molecular complexity index is 842. The molecule has 0 bridgehead atoms. The maximum Gasteiger partial charge on any atom is 0.265 e. The molecule has 156 valence electrons. The van der Waals surface area contributed by atoms with E-state index in [9.17, 15) is 9.59 Å².